The van der Waals surface area contributed by atoms with Crippen LogP contribution in [-0.4, -0.2) is 18.4 Å². The van der Waals surface area contributed by atoms with Crippen LogP contribution in [0.2, 0.25) is 0 Å². The van der Waals surface area contributed by atoms with Crippen molar-refractivity contribution in [3.05, 3.63) is 65.2 Å². The highest BCUT2D eigenvalue weighted by Gasteiger charge is 2.11. The van der Waals surface area contributed by atoms with Crippen molar-refractivity contribution in [1.82, 2.24) is 0 Å². The number of rotatable bonds is 4. The Hall–Kier alpha value is -3.08. The highest BCUT2D eigenvalue weighted by molar-refractivity contribution is 6.03. The third-order valence-electron chi connectivity index (χ3n) is 3.56. The minimum atomic E-state index is -0.531. The number of nitrogens with two attached hydrogens (primary N) is 1. The molecule has 5 heteroatoms. The number of hydrogen-bond donors (Lipinski definition) is 2. The molecule has 1 heterocycles. The second-order valence-corrected chi connectivity index (χ2v) is 5.23. The Morgan fingerprint density at radius 2 is 2.04 bits per heavy atom. The van der Waals surface area contributed by atoms with Gasteiger partial charge in [-0.05, 0) is 47.5 Å². The molecule has 23 heavy (non-hydrogen) atoms. The molecule has 2 aromatic rings. The van der Waals surface area contributed by atoms with Gasteiger partial charge in [-0.25, -0.2) is 0 Å². The number of anilines is 1. The minimum absolute atomic E-state index is 0.275. The fraction of sp³-hybridized carbons (Fsp3) is 0.111. The number of carbonyl (C=O) groups is 2. The van der Waals surface area contributed by atoms with E-state index in [1.165, 1.54) is 6.08 Å². The Kier molecular flexibility index (Phi) is 4.10. The van der Waals surface area contributed by atoms with E-state index in [1.54, 1.807) is 30.3 Å². The van der Waals surface area contributed by atoms with E-state index in [9.17, 15) is 9.59 Å². The molecule has 2 amide bonds. The first kappa shape index (κ1) is 14.8. The van der Waals surface area contributed by atoms with Gasteiger partial charge < -0.3 is 15.8 Å². The Balaban J connectivity index is 1.67. The lowest BCUT2D eigenvalue weighted by molar-refractivity contribution is -0.111. The summed E-state index contributed by atoms with van der Waals surface area (Å²) in [6.45, 7) is 0.708. The van der Waals surface area contributed by atoms with Crippen molar-refractivity contribution >= 4 is 23.6 Å². The normalized spacial score (nSPS) is 12.7. The van der Waals surface area contributed by atoms with Crippen molar-refractivity contribution < 1.29 is 14.3 Å². The van der Waals surface area contributed by atoms with Gasteiger partial charge in [-0.2, -0.15) is 0 Å². The first-order valence-corrected chi connectivity index (χ1v) is 7.26. The Bertz CT molecular complexity index is 797. The van der Waals surface area contributed by atoms with Crippen molar-refractivity contribution in [2.24, 2.45) is 5.73 Å². The number of nitrogens with one attached hydrogen (secondary N) is 1. The molecule has 0 saturated heterocycles. The van der Waals surface area contributed by atoms with Crippen molar-refractivity contribution in [3.63, 3.8) is 0 Å². The van der Waals surface area contributed by atoms with Crippen molar-refractivity contribution in [2.45, 2.75) is 6.42 Å². The van der Waals surface area contributed by atoms with Crippen LogP contribution in [-0.2, 0) is 11.2 Å². The highest BCUT2D eigenvalue weighted by atomic mass is 16.5. The Labute approximate surface area is 133 Å². The first-order valence-electron chi connectivity index (χ1n) is 7.26. The van der Waals surface area contributed by atoms with E-state index in [-0.39, 0.29) is 5.91 Å². The molecule has 0 fully saturated rings. The summed E-state index contributed by atoms with van der Waals surface area (Å²) in [5, 5.41) is 2.70. The average molecular weight is 308 g/mol. The van der Waals surface area contributed by atoms with Crippen LogP contribution in [0.3, 0.4) is 0 Å². The zero-order valence-corrected chi connectivity index (χ0v) is 12.4. The molecule has 0 spiro atoms. The molecule has 0 atom stereocenters. The predicted molar refractivity (Wildman–Crippen MR) is 88.3 cm³/mol. The van der Waals surface area contributed by atoms with E-state index >= 15 is 0 Å². The molecule has 0 aliphatic carbocycles. The molecule has 116 valence electrons. The number of benzene rings is 2. The van der Waals surface area contributed by atoms with Gasteiger partial charge in [0.25, 0.3) is 0 Å². The van der Waals surface area contributed by atoms with Crippen LogP contribution in [0, 0.1) is 0 Å². The molecule has 5 nitrogen and oxygen atoms in total. The Morgan fingerprint density at radius 1 is 1.17 bits per heavy atom. The zero-order valence-electron chi connectivity index (χ0n) is 12.4. The quantitative estimate of drug-likeness (QED) is 0.851. The largest absolute Gasteiger partial charge is 0.493 e. The minimum Gasteiger partial charge on any atom is -0.493 e. The molecular formula is C18H16N2O3. The van der Waals surface area contributed by atoms with Gasteiger partial charge in [-0.1, -0.05) is 12.1 Å². The Morgan fingerprint density at radius 3 is 2.87 bits per heavy atom. The lowest BCUT2D eigenvalue weighted by Crippen LogP contribution is -2.12. The summed E-state index contributed by atoms with van der Waals surface area (Å²) < 4.78 is 5.45. The van der Waals surface area contributed by atoms with Crippen LogP contribution < -0.4 is 15.8 Å². The summed E-state index contributed by atoms with van der Waals surface area (Å²) >= 11 is 0. The zero-order chi connectivity index (χ0) is 16.2. The van der Waals surface area contributed by atoms with Crippen molar-refractivity contribution in [2.75, 3.05) is 11.9 Å². The van der Waals surface area contributed by atoms with E-state index in [0.717, 1.165) is 23.3 Å². The molecule has 0 bridgehead atoms. The van der Waals surface area contributed by atoms with E-state index in [4.69, 9.17) is 10.5 Å². The highest BCUT2D eigenvalue weighted by Crippen LogP contribution is 2.26. The maximum Gasteiger partial charge on any atom is 0.248 e. The van der Waals surface area contributed by atoms with Gasteiger partial charge in [-0.15, -0.1) is 0 Å². The van der Waals surface area contributed by atoms with Crippen molar-refractivity contribution in [3.8, 4) is 5.75 Å². The summed E-state index contributed by atoms with van der Waals surface area (Å²) in [6.07, 6.45) is 4.09. The molecule has 0 aromatic heterocycles. The topological polar surface area (TPSA) is 81.4 Å². The predicted octanol–water partition coefficient (Wildman–Crippen LogP) is 2.37. The summed E-state index contributed by atoms with van der Waals surface area (Å²) in [5.74, 6) is 0.107. The molecule has 0 unspecified atom stereocenters. The van der Waals surface area contributed by atoms with Crippen LogP contribution in [0.4, 0.5) is 5.69 Å². The second kappa shape index (κ2) is 6.36. The number of ether oxygens (including phenoxy) is 1. The maximum atomic E-state index is 12.0. The molecule has 3 N–H and O–H groups in total. The van der Waals surface area contributed by atoms with Gasteiger partial charge in [0.1, 0.15) is 5.75 Å². The fourth-order valence-electron chi connectivity index (χ4n) is 2.42. The van der Waals surface area contributed by atoms with Gasteiger partial charge in [0.2, 0.25) is 11.8 Å². The van der Waals surface area contributed by atoms with Gasteiger partial charge in [-0.3, -0.25) is 9.59 Å². The summed E-state index contributed by atoms with van der Waals surface area (Å²) in [5.41, 5.74) is 8.19. The lowest BCUT2D eigenvalue weighted by atomic mass is 10.1. The number of fused-ring (bicyclic) bond motifs is 1. The van der Waals surface area contributed by atoms with Gasteiger partial charge in [0.05, 0.1) is 6.61 Å². The second-order valence-electron chi connectivity index (χ2n) is 5.23. The monoisotopic (exact) mass is 308 g/mol. The number of primary amides is 1. The molecular weight excluding hydrogens is 292 g/mol. The summed E-state index contributed by atoms with van der Waals surface area (Å²) in [6, 6.07) is 12.3. The third kappa shape index (κ3) is 3.58. The molecule has 0 saturated carbocycles. The van der Waals surface area contributed by atoms with Crippen LogP contribution >= 0.6 is 0 Å². The van der Waals surface area contributed by atoms with Crippen LogP contribution in [0.25, 0.3) is 6.08 Å². The van der Waals surface area contributed by atoms with E-state index in [0.29, 0.717) is 17.9 Å². The third-order valence-corrected chi connectivity index (χ3v) is 3.56. The van der Waals surface area contributed by atoms with E-state index in [2.05, 4.69) is 5.32 Å². The molecule has 0 radical (unpaired) electrons. The summed E-state index contributed by atoms with van der Waals surface area (Å²) in [4.78, 5) is 23.1. The molecule has 3 rings (SSSR count). The standard InChI is InChI=1S/C18H16N2O3/c19-18(22)14-2-1-3-15(11-14)20-17(21)7-5-12-4-6-16-13(10-12)8-9-23-16/h1-7,10-11H,8-9H2,(H2,19,22)(H,20,21)/b7-5+. The summed E-state index contributed by atoms with van der Waals surface area (Å²) in [7, 11) is 0. The van der Waals surface area contributed by atoms with Crippen LogP contribution in [0.5, 0.6) is 5.75 Å². The number of carbonyl (C=O) groups excluding carboxylic acids is 2. The maximum absolute atomic E-state index is 12.0. The van der Waals surface area contributed by atoms with Crippen molar-refractivity contribution in [1.29, 1.82) is 0 Å². The lowest BCUT2D eigenvalue weighted by Gasteiger charge is -2.04. The SMILES string of the molecule is NC(=O)c1cccc(NC(=O)/C=C/c2ccc3c(c2)CCO3)c1. The van der Waals surface area contributed by atoms with E-state index < -0.39 is 5.91 Å². The molecule has 1 aliphatic rings. The van der Waals surface area contributed by atoms with Crippen LogP contribution in [0.15, 0.2) is 48.5 Å². The average Bonchev–Trinajstić information content (AvgIpc) is 3.01. The van der Waals surface area contributed by atoms with Gasteiger partial charge in [0.15, 0.2) is 0 Å². The van der Waals surface area contributed by atoms with E-state index in [1.807, 2.05) is 18.2 Å². The molecule has 1 aliphatic heterocycles. The van der Waals surface area contributed by atoms with Gasteiger partial charge in [0, 0.05) is 23.7 Å². The number of amides is 2. The fourth-order valence-corrected chi connectivity index (χ4v) is 2.42. The van der Waals surface area contributed by atoms with Gasteiger partial charge >= 0.3 is 0 Å². The van der Waals surface area contributed by atoms with Crippen LogP contribution in [0.1, 0.15) is 21.5 Å². The number of hydrogen-bond acceptors (Lipinski definition) is 3. The smallest absolute Gasteiger partial charge is 0.248 e. The first-order chi connectivity index (χ1) is 11.1. The molecule has 2 aromatic carbocycles.